The molecule has 1 amide bonds. The van der Waals surface area contributed by atoms with Gasteiger partial charge in [-0.05, 0) is 31.5 Å². The van der Waals surface area contributed by atoms with Crippen LogP contribution in [0.5, 0.6) is 0 Å². The van der Waals surface area contributed by atoms with Gasteiger partial charge in [0.05, 0.1) is 15.5 Å². The summed E-state index contributed by atoms with van der Waals surface area (Å²) in [4.78, 5) is 24.0. The van der Waals surface area contributed by atoms with E-state index in [1.54, 1.807) is 13.8 Å². The fraction of sp³-hybridized carbons (Fsp3) is 0.556. The van der Waals surface area contributed by atoms with Crippen molar-refractivity contribution >= 4 is 33.5 Å². The zero-order valence-electron chi connectivity index (χ0n) is 16.1. The number of hydrogen-bond donors (Lipinski definition) is 1. The number of nitrogens with zero attached hydrogens (tertiary/aromatic N) is 1. The van der Waals surface area contributed by atoms with E-state index >= 15 is 0 Å². The van der Waals surface area contributed by atoms with E-state index in [2.05, 4.69) is 5.32 Å². The quantitative estimate of drug-likeness (QED) is 0.590. The van der Waals surface area contributed by atoms with Gasteiger partial charge in [0.2, 0.25) is 10.0 Å². The monoisotopic (exact) mass is 418 g/mol. The molecule has 1 rings (SSSR count). The second-order valence-electron chi connectivity index (χ2n) is 6.06. The van der Waals surface area contributed by atoms with Crippen LogP contribution in [0.4, 0.5) is 0 Å². The molecule has 9 heteroatoms. The van der Waals surface area contributed by atoms with Crippen molar-refractivity contribution in [3.8, 4) is 0 Å². The minimum absolute atomic E-state index is 0.0210. The predicted octanol–water partition coefficient (Wildman–Crippen LogP) is 2.83. The molecular weight excluding hydrogens is 392 g/mol. The van der Waals surface area contributed by atoms with E-state index in [9.17, 15) is 18.0 Å². The molecule has 1 N–H and O–H groups in total. The third kappa shape index (κ3) is 6.48. The van der Waals surface area contributed by atoms with Gasteiger partial charge in [0.1, 0.15) is 0 Å². The largest absolute Gasteiger partial charge is 0.452 e. The van der Waals surface area contributed by atoms with E-state index in [0.29, 0.717) is 13.1 Å². The highest BCUT2D eigenvalue weighted by Gasteiger charge is 2.24. The van der Waals surface area contributed by atoms with Crippen molar-refractivity contribution in [2.75, 3.05) is 19.7 Å². The second-order valence-corrected chi connectivity index (χ2v) is 8.41. The van der Waals surface area contributed by atoms with Crippen molar-refractivity contribution in [1.29, 1.82) is 0 Å². The molecule has 1 atom stereocenters. The van der Waals surface area contributed by atoms with E-state index in [0.717, 1.165) is 12.8 Å². The van der Waals surface area contributed by atoms with Crippen LogP contribution >= 0.6 is 11.6 Å². The number of hydrogen-bond acceptors (Lipinski definition) is 5. The zero-order valence-corrected chi connectivity index (χ0v) is 17.7. The topological polar surface area (TPSA) is 92.8 Å². The van der Waals surface area contributed by atoms with Gasteiger partial charge in [-0.2, -0.15) is 4.31 Å². The van der Waals surface area contributed by atoms with Crippen molar-refractivity contribution in [2.45, 2.75) is 51.5 Å². The van der Waals surface area contributed by atoms with Crippen LogP contribution in [0.3, 0.4) is 0 Å². The molecule has 1 aromatic rings. The van der Waals surface area contributed by atoms with Crippen molar-refractivity contribution in [2.24, 2.45) is 0 Å². The maximum absolute atomic E-state index is 12.6. The standard InChI is InChI=1S/C18H27ClN2O5S/c1-5-8-13(4)20-17(22)12-26-18(23)15-11-14(9-10-16(15)19)27(24,25)21(6-2)7-3/h9-11,13H,5-8,12H2,1-4H3,(H,20,22)/t13-/m1/s1. The van der Waals surface area contributed by atoms with Crippen LogP contribution in [0.1, 0.15) is 50.9 Å². The Morgan fingerprint density at radius 3 is 2.41 bits per heavy atom. The SMILES string of the molecule is CCC[C@@H](C)NC(=O)COC(=O)c1cc(S(=O)(=O)N(CC)CC)ccc1Cl. The van der Waals surface area contributed by atoms with Crippen LogP contribution in [0.25, 0.3) is 0 Å². The molecule has 0 saturated carbocycles. The Hall–Kier alpha value is -1.64. The lowest BCUT2D eigenvalue weighted by Gasteiger charge is -2.19. The maximum Gasteiger partial charge on any atom is 0.340 e. The third-order valence-corrected chi connectivity index (χ3v) is 6.34. The minimum atomic E-state index is -3.74. The first kappa shape index (κ1) is 23.4. The number of nitrogens with one attached hydrogen (secondary N) is 1. The zero-order chi connectivity index (χ0) is 20.6. The lowest BCUT2D eigenvalue weighted by molar-refractivity contribution is -0.124. The van der Waals surface area contributed by atoms with Gasteiger partial charge in [-0.3, -0.25) is 4.79 Å². The van der Waals surface area contributed by atoms with Crippen LogP contribution in [-0.2, 0) is 19.6 Å². The first-order valence-corrected chi connectivity index (χ1v) is 10.7. The average molecular weight is 419 g/mol. The third-order valence-electron chi connectivity index (χ3n) is 3.96. The summed E-state index contributed by atoms with van der Waals surface area (Å²) in [6.07, 6.45) is 1.74. The number of benzene rings is 1. The van der Waals surface area contributed by atoms with Gasteiger partial charge in [0, 0.05) is 19.1 Å². The molecule has 0 saturated heterocycles. The van der Waals surface area contributed by atoms with Crippen molar-refractivity contribution in [1.82, 2.24) is 9.62 Å². The second kappa shape index (κ2) is 10.6. The minimum Gasteiger partial charge on any atom is -0.452 e. The molecule has 0 aromatic heterocycles. The van der Waals surface area contributed by atoms with Gasteiger partial charge < -0.3 is 10.1 Å². The normalized spacial score (nSPS) is 12.7. The smallest absolute Gasteiger partial charge is 0.340 e. The molecule has 0 radical (unpaired) electrons. The summed E-state index contributed by atoms with van der Waals surface area (Å²) >= 11 is 6.02. The number of amides is 1. The summed E-state index contributed by atoms with van der Waals surface area (Å²) in [7, 11) is -3.74. The first-order chi connectivity index (χ1) is 12.7. The molecule has 0 aliphatic heterocycles. The molecule has 0 aliphatic rings. The summed E-state index contributed by atoms with van der Waals surface area (Å²) in [5, 5.41) is 2.77. The highest BCUT2D eigenvalue weighted by atomic mass is 35.5. The number of sulfonamides is 1. The van der Waals surface area contributed by atoms with Crippen LogP contribution in [-0.4, -0.2) is 50.3 Å². The average Bonchev–Trinajstić information content (AvgIpc) is 2.60. The molecule has 7 nitrogen and oxygen atoms in total. The molecule has 0 heterocycles. The van der Waals surface area contributed by atoms with E-state index in [4.69, 9.17) is 16.3 Å². The van der Waals surface area contributed by atoms with Gasteiger partial charge in [-0.15, -0.1) is 0 Å². The molecular formula is C18H27ClN2O5S. The maximum atomic E-state index is 12.6. The molecule has 0 spiro atoms. The number of halogens is 1. The van der Waals surface area contributed by atoms with E-state index in [1.807, 2.05) is 13.8 Å². The molecule has 0 fully saturated rings. The van der Waals surface area contributed by atoms with Gasteiger partial charge in [-0.1, -0.05) is 38.8 Å². The van der Waals surface area contributed by atoms with E-state index < -0.39 is 28.5 Å². The highest BCUT2D eigenvalue weighted by Crippen LogP contribution is 2.23. The van der Waals surface area contributed by atoms with Crippen LogP contribution < -0.4 is 5.32 Å². The number of esters is 1. The van der Waals surface area contributed by atoms with Gasteiger partial charge in [0.15, 0.2) is 6.61 Å². The van der Waals surface area contributed by atoms with Gasteiger partial charge in [-0.25, -0.2) is 13.2 Å². The summed E-state index contributed by atoms with van der Waals surface area (Å²) in [6, 6.07) is 3.83. The Balaban J connectivity index is 2.91. The van der Waals surface area contributed by atoms with Gasteiger partial charge in [0.25, 0.3) is 5.91 Å². The van der Waals surface area contributed by atoms with Crippen molar-refractivity contribution < 1.29 is 22.7 Å². The Kier molecular flexibility index (Phi) is 9.21. The molecule has 27 heavy (non-hydrogen) atoms. The highest BCUT2D eigenvalue weighted by molar-refractivity contribution is 7.89. The van der Waals surface area contributed by atoms with Gasteiger partial charge >= 0.3 is 5.97 Å². The van der Waals surface area contributed by atoms with Crippen LogP contribution in [0.15, 0.2) is 23.1 Å². The lowest BCUT2D eigenvalue weighted by Crippen LogP contribution is -2.35. The van der Waals surface area contributed by atoms with E-state index in [1.165, 1.54) is 22.5 Å². The fourth-order valence-electron chi connectivity index (χ4n) is 2.56. The summed E-state index contributed by atoms with van der Waals surface area (Å²) in [6.45, 7) is 7.46. The first-order valence-electron chi connectivity index (χ1n) is 8.93. The van der Waals surface area contributed by atoms with Crippen LogP contribution in [0.2, 0.25) is 5.02 Å². The Bertz CT molecular complexity index is 763. The Labute approximate surface area is 166 Å². The Morgan fingerprint density at radius 2 is 1.85 bits per heavy atom. The fourth-order valence-corrected chi connectivity index (χ4v) is 4.24. The molecule has 152 valence electrons. The predicted molar refractivity (Wildman–Crippen MR) is 104 cm³/mol. The molecule has 0 aliphatic carbocycles. The van der Waals surface area contributed by atoms with E-state index in [-0.39, 0.29) is 21.5 Å². The summed E-state index contributed by atoms with van der Waals surface area (Å²) < 4.78 is 31.5. The summed E-state index contributed by atoms with van der Waals surface area (Å²) in [5.41, 5.74) is -0.0979. The van der Waals surface area contributed by atoms with Crippen molar-refractivity contribution in [3.63, 3.8) is 0 Å². The number of ether oxygens (including phenoxy) is 1. The molecule has 0 bridgehead atoms. The lowest BCUT2D eigenvalue weighted by atomic mass is 10.2. The Morgan fingerprint density at radius 1 is 1.22 bits per heavy atom. The number of carbonyl (C=O) groups is 2. The number of carbonyl (C=O) groups excluding carboxylic acids is 2. The van der Waals surface area contributed by atoms with Crippen molar-refractivity contribution in [3.05, 3.63) is 28.8 Å². The molecule has 0 unspecified atom stereocenters. The summed E-state index contributed by atoms with van der Waals surface area (Å²) in [5.74, 6) is -1.28. The molecule has 1 aromatic carbocycles. The van der Waals surface area contributed by atoms with Crippen LogP contribution in [0, 0.1) is 0 Å². The number of rotatable bonds is 10.